The van der Waals surface area contributed by atoms with Gasteiger partial charge in [-0.2, -0.15) is 0 Å². The van der Waals surface area contributed by atoms with E-state index in [0.29, 0.717) is 0 Å². The van der Waals surface area contributed by atoms with Crippen molar-refractivity contribution in [3.63, 3.8) is 0 Å². The Morgan fingerprint density at radius 2 is 1.62 bits per heavy atom. The Labute approximate surface area is 126 Å². The van der Waals surface area contributed by atoms with Crippen LogP contribution in [0.25, 0.3) is 11.3 Å². The van der Waals surface area contributed by atoms with Gasteiger partial charge in [-0.3, -0.25) is 4.98 Å². The molecule has 2 aromatic heterocycles. The molecule has 0 aliphatic heterocycles. The normalized spacial score (nSPS) is 10.5. The molecule has 3 nitrogen and oxygen atoms in total. The largest absolute Gasteiger partial charge is 0.265 e. The van der Waals surface area contributed by atoms with Gasteiger partial charge in [0.2, 0.25) is 0 Å². The van der Waals surface area contributed by atoms with Crippen molar-refractivity contribution in [3.8, 4) is 11.3 Å². The van der Waals surface area contributed by atoms with Crippen molar-refractivity contribution in [1.82, 2.24) is 15.2 Å². The van der Waals surface area contributed by atoms with Gasteiger partial charge in [-0.1, -0.05) is 11.8 Å². The molecule has 1 aromatic carbocycles. The molecule has 0 aliphatic carbocycles. The Morgan fingerprint density at radius 3 is 2.29 bits per heavy atom. The van der Waals surface area contributed by atoms with Crippen molar-refractivity contribution >= 4 is 11.8 Å². The zero-order valence-electron chi connectivity index (χ0n) is 11.1. The lowest BCUT2D eigenvalue weighted by Crippen LogP contribution is -1.90. The van der Waals surface area contributed by atoms with Crippen LogP contribution in [0.5, 0.6) is 0 Å². The Morgan fingerprint density at radius 1 is 0.857 bits per heavy atom. The van der Waals surface area contributed by atoms with Crippen LogP contribution in [0.1, 0.15) is 5.56 Å². The van der Waals surface area contributed by atoms with E-state index >= 15 is 0 Å². The average molecular weight is 297 g/mol. The predicted molar refractivity (Wildman–Crippen MR) is 81.2 cm³/mol. The van der Waals surface area contributed by atoms with Gasteiger partial charge < -0.3 is 0 Å². The minimum Gasteiger partial charge on any atom is -0.265 e. The molecule has 104 valence electrons. The van der Waals surface area contributed by atoms with E-state index in [4.69, 9.17) is 0 Å². The summed E-state index contributed by atoms with van der Waals surface area (Å²) < 4.78 is 12.9. The molecule has 0 saturated heterocycles. The third kappa shape index (κ3) is 3.64. The molecule has 0 N–H and O–H groups in total. The van der Waals surface area contributed by atoms with Crippen LogP contribution in [0.4, 0.5) is 4.39 Å². The molecule has 0 spiro atoms. The van der Waals surface area contributed by atoms with Gasteiger partial charge in [0.15, 0.2) is 0 Å². The first kappa shape index (κ1) is 13.7. The quantitative estimate of drug-likeness (QED) is 0.683. The molecule has 0 amide bonds. The van der Waals surface area contributed by atoms with Crippen molar-refractivity contribution in [3.05, 3.63) is 72.3 Å². The Kier molecular flexibility index (Phi) is 4.21. The predicted octanol–water partition coefficient (Wildman–Crippen LogP) is 3.97. The third-order valence-corrected chi connectivity index (χ3v) is 3.91. The first-order valence-electron chi connectivity index (χ1n) is 6.43. The van der Waals surface area contributed by atoms with Crippen molar-refractivity contribution in [2.24, 2.45) is 0 Å². The fourth-order valence-electron chi connectivity index (χ4n) is 1.81. The molecule has 3 aromatic rings. The zero-order valence-corrected chi connectivity index (χ0v) is 11.9. The van der Waals surface area contributed by atoms with Crippen LogP contribution in [-0.4, -0.2) is 15.2 Å². The topological polar surface area (TPSA) is 38.7 Å². The number of pyridine rings is 1. The summed E-state index contributed by atoms with van der Waals surface area (Å²) in [6.45, 7) is 0. The van der Waals surface area contributed by atoms with Crippen LogP contribution in [0.3, 0.4) is 0 Å². The van der Waals surface area contributed by atoms with Gasteiger partial charge in [0.25, 0.3) is 0 Å². The highest BCUT2D eigenvalue weighted by atomic mass is 32.2. The lowest BCUT2D eigenvalue weighted by molar-refractivity contribution is 0.628. The van der Waals surface area contributed by atoms with Crippen molar-refractivity contribution in [2.45, 2.75) is 10.8 Å². The Hall–Kier alpha value is -2.27. The SMILES string of the molecule is Fc1ccc(-c2ccc(SCc3ccncc3)nn2)cc1. The first-order valence-corrected chi connectivity index (χ1v) is 7.41. The molecule has 2 heterocycles. The third-order valence-electron chi connectivity index (χ3n) is 2.92. The monoisotopic (exact) mass is 297 g/mol. The highest BCUT2D eigenvalue weighted by molar-refractivity contribution is 7.98. The number of nitrogens with zero attached hydrogens (tertiary/aromatic N) is 3. The fourth-order valence-corrected chi connectivity index (χ4v) is 2.58. The number of hydrogen-bond acceptors (Lipinski definition) is 4. The lowest BCUT2D eigenvalue weighted by atomic mass is 10.1. The number of benzene rings is 1. The second-order valence-electron chi connectivity index (χ2n) is 4.41. The van der Waals surface area contributed by atoms with Gasteiger partial charge in [-0.25, -0.2) is 4.39 Å². The molecule has 0 aliphatic rings. The molecule has 0 unspecified atom stereocenters. The summed E-state index contributed by atoms with van der Waals surface area (Å²) in [4.78, 5) is 3.99. The van der Waals surface area contributed by atoms with Gasteiger partial charge in [0, 0.05) is 23.7 Å². The molecule has 0 fully saturated rings. The number of aromatic nitrogens is 3. The number of rotatable bonds is 4. The second kappa shape index (κ2) is 6.45. The molecule has 0 bridgehead atoms. The Balaban J connectivity index is 1.68. The highest BCUT2D eigenvalue weighted by Crippen LogP contribution is 2.22. The van der Waals surface area contributed by atoms with E-state index in [0.717, 1.165) is 22.0 Å². The van der Waals surface area contributed by atoms with Crippen molar-refractivity contribution in [2.75, 3.05) is 0 Å². The first-order chi connectivity index (χ1) is 10.3. The lowest BCUT2D eigenvalue weighted by Gasteiger charge is -2.03. The summed E-state index contributed by atoms with van der Waals surface area (Å²) in [5, 5.41) is 9.24. The van der Waals surface area contributed by atoms with E-state index in [2.05, 4.69) is 15.2 Å². The average Bonchev–Trinajstić information content (AvgIpc) is 2.55. The summed E-state index contributed by atoms with van der Waals surface area (Å²) in [6, 6.07) is 14.0. The summed E-state index contributed by atoms with van der Waals surface area (Å²) in [5.41, 5.74) is 2.79. The molecule has 5 heteroatoms. The van der Waals surface area contributed by atoms with Gasteiger partial charge >= 0.3 is 0 Å². The van der Waals surface area contributed by atoms with Gasteiger partial charge in [0.05, 0.1) is 5.69 Å². The minimum absolute atomic E-state index is 0.253. The van der Waals surface area contributed by atoms with E-state index in [9.17, 15) is 4.39 Å². The Bertz CT molecular complexity index is 700. The maximum atomic E-state index is 12.9. The highest BCUT2D eigenvalue weighted by Gasteiger charge is 2.02. The fraction of sp³-hybridized carbons (Fsp3) is 0.0625. The number of thioether (sulfide) groups is 1. The number of halogens is 1. The summed E-state index contributed by atoms with van der Waals surface area (Å²) in [5.74, 6) is 0.573. The summed E-state index contributed by atoms with van der Waals surface area (Å²) in [7, 11) is 0. The van der Waals surface area contributed by atoms with E-state index in [1.807, 2.05) is 24.3 Å². The molecule has 0 atom stereocenters. The standard InChI is InChI=1S/C16H12FN3S/c17-14-3-1-13(2-4-14)15-5-6-16(20-19-15)21-11-12-7-9-18-10-8-12/h1-10H,11H2. The maximum absolute atomic E-state index is 12.9. The van der Waals surface area contributed by atoms with Crippen LogP contribution in [0, 0.1) is 5.82 Å². The van der Waals surface area contributed by atoms with Crippen LogP contribution in [0.2, 0.25) is 0 Å². The van der Waals surface area contributed by atoms with E-state index < -0.39 is 0 Å². The van der Waals surface area contributed by atoms with Crippen LogP contribution < -0.4 is 0 Å². The summed E-state index contributed by atoms with van der Waals surface area (Å²) in [6.07, 6.45) is 3.55. The number of hydrogen-bond donors (Lipinski definition) is 0. The van der Waals surface area contributed by atoms with E-state index in [1.165, 1.54) is 17.7 Å². The van der Waals surface area contributed by atoms with Crippen molar-refractivity contribution in [1.29, 1.82) is 0 Å². The second-order valence-corrected chi connectivity index (χ2v) is 5.40. The zero-order chi connectivity index (χ0) is 14.5. The van der Waals surface area contributed by atoms with Gasteiger partial charge in [0.1, 0.15) is 10.8 Å². The van der Waals surface area contributed by atoms with Crippen LogP contribution >= 0.6 is 11.8 Å². The molecule has 3 rings (SSSR count). The minimum atomic E-state index is -0.253. The molecular formula is C16H12FN3S. The van der Waals surface area contributed by atoms with E-state index in [-0.39, 0.29) is 5.82 Å². The van der Waals surface area contributed by atoms with Crippen LogP contribution in [0.15, 0.2) is 66.0 Å². The van der Waals surface area contributed by atoms with Gasteiger partial charge in [-0.05, 0) is 54.1 Å². The molecular weight excluding hydrogens is 285 g/mol. The molecule has 21 heavy (non-hydrogen) atoms. The smallest absolute Gasteiger partial charge is 0.123 e. The maximum Gasteiger partial charge on any atom is 0.123 e. The van der Waals surface area contributed by atoms with E-state index in [1.54, 1.807) is 36.3 Å². The van der Waals surface area contributed by atoms with Crippen LogP contribution in [-0.2, 0) is 5.75 Å². The van der Waals surface area contributed by atoms with Crippen molar-refractivity contribution < 1.29 is 4.39 Å². The molecule has 0 radical (unpaired) electrons. The van der Waals surface area contributed by atoms with Gasteiger partial charge in [-0.15, -0.1) is 10.2 Å². The summed E-state index contributed by atoms with van der Waals surface area (Å²) >= 11 is 1.62. The molecule has 0 saturated carbocycles.